The van der Waals surface area contributed by atoms with Gasteiger partial charge in [-0.2, -0.15) is 0 Å². The van der Waals surface area contributed by atoms with Crippen LogP contribution in [0.4, 0.5) is 0 Å². The third-order valence-corrected chi connectivity index (χ3v) is 2.57. The average Bonchev–Trinajstić information content (AvgIpc) is 2.48. The molecule has 0 aliphatic carbocycles. The molecule has 96 valence electrons. The lowest BCUT2D eigenvalue weighted by atomic mass is 10.1. The minimum Gasteiger partial charge on any atom is -0.507 e. The number of rotatable bonds is 4. The smallest absolute Gasteiger partial charge is 0.207 e. The van der Waals surface area contributed by atoms with Crippen molar-refractivity contribution in [2.75, 3.05) is 7.11 Å². The molecular formula is C15H13NO3. The van der Waals surface area contributed by atoms with Crippen molar-refractivity contribution < 1.29 is 14.6 Å². The SMILES string of the molecule is COc1ccc(/C(O)=C/C(=O)c2ccccn2)cc1. The molecule has 1 heterocycles. The number of hydrogen-bond acceptors (Lipinski definition) is 4. The molecule has 1 aromatic carbocycles. The van der Waals surface area contributed by atoms with Gasteiger partial charge in [-0.1, -0.05) is 6.07 Å². The Kier molecular flexibility index (Phi) is 3.93. The number of methoxy groups -OCH3 is 1. The molecule has 1 aromatic heterocycles. The van der Waals surface area contributed by atoms with Crippen LogP contribution in [0.25, 0.3) is 5.76 Å². The molecular weight excluding hydrogens is 242 g/mol. The summed E-state index contributed by atoms with van der Waals surface area (Å²) in [6.45, 7) is 0. The second-order valence-corrected chi connectivity index (χ2v) is 3.84. The number of ketones is 1. The first-order chi connectivity index (χ1) is 9.20. The molecule has 19 heavy (non-hydrogen) atoms. The molecule has 4 heteroatoms. The second kappa shape index (κ2) is 5.82. The van der Waals surface area contributed by atoms with Gasteiger partial charge < -0.3 is 9.84 Å². The van der Waals surface area contributed by atoms with Gasteiger partial charge in [0.05, 0.1) is 7.11 Å². The third-order valence-electron chi connectivity index (χ3n) is 2.57. The van der Waals surface area contributed by atoms with E-state index in [9.17, 15) is 9.90 Å². The quantitative estimate of drug-likeness (QED) is 0.518. The number of aromatic nitrogens is 1. The van der Waals surface area contributed by atoms with E-state index in [1.807, 2.05) is 0 Å². The largest absolute Gasteiger partial charge is 0.507 e. The maximum absolute atomic E-state index is 11.8. The van der Waals surface area contributed by atoms with Crippen LogP contribution in [-0.2, 0) is 0 Å². The zero-order valence-corrected chi connectivity index (χ0v) is 10.4. The Labute approximate surface area is 111 Å². The highest BCUT2D eigenvalue weighted by atomic mass is 16.5. The monoisotopic (exact) mass is 255 g/mol. The highest BCUT2D eigenvalue weighted by Crippen LogP contribution is 2.17. The summed E-state index contributed by atoms with van der Waals surface area (Å²) in [6, 6.07) is 11.8. The lowest BCUT2D eigenvalue weighted by molar-refractivity contribution is 0.104. The van der Waals surface area contributed by atoms with Gasteiger partial charge in [0.2, 0.25) is 5.78 Å². The summed E-state index contributed by atoms with van der Waals surface area (Å²) in [5.41, 5.74) is 0.840. The number of carbonyl (C=O) groups excluding carboxylic acids is 1. The molecule has 0 unspecified atom stereocenters. The molecule has 0 spiro atoms. The van der Waals surface area contributed by atoms with E-state index in [0.29, 0.717) is 17.0 Å². The van der Waals surface area contributed by atoms with Crippen molar-refractivity contribution in [3.05, 3.63) is 66.0 Å². The van der Waals surface area contributed by atoms with Crippen molar-refractivity contribution in [2.24, 2.45) is 0 Å². The second-order valence-electron chi connectivity index (χ2n) is 3.84. The van der Waals surface area contributed by atoms with Crippen molar-refractivity contribution >= 4 is 11.5 Å². The normalized spacial score (nSPS) is 11.1. The summed E-state index contributed by atoms with van der Waals surface area (Å²) < 4.78 is 5.02. The summed E-state index contributed by atoms with van der Waals surface area (Å²) in [5.74, 6) is 0.250. The Morgan fingerprint density at radius 1 is 1.21 bits per heavy atom. The molecule has 0 saturated heterocycles. The Bertz CT molecular complexity index is 589. The molecule has 1 N–H and O–H groups in total. The number of ether oxygens (including phenoxy) is 1. The van der Waals surface area contributed by atoms with E-state index >= 15 is 0 Å². The molecule has 0 atom stereocenters. The van der Waals surface area contributed by atoms with E-state index < -0.39 is 0 Å². The predicted molar refractivity (Wildman–Crippen MR) is 72.2 cm³/mol. The van der Waals surface area contributed by atoms with Crippen LogP contribution in [0.5, 0.6) is 5.75 Å². The van der Waals surface area contributed by atoms with Crippen LogP contribution in [-0.4, -0.2) is 23.0 Å². The summed E-state index contributed by atoms with van der Waals surface area (Å²) in [7, 11) is 1.56. The highest BCUT2D eigenvalue weighted by Gasteiger charge is 2.06. The summed E-state index contributed by atoms with van der Waals surface area (Å²) >= 11 is 0. The molecule has 2 aromatic rings. The van der Waals surface area contributed by atoms with Crippen molar-refractivity contribution in [1.82, 2.24) is 4.98 Å². The number of hydrogen-bond donors (Lipinski definition) is 1. The van der Waals surface area contributed by atoms with Crippen LogP contribution in [0.2, 0.25) is 0 Å². The van der Waals surface area contributed by atoms with Gasteiger partial charge >= 0.3 is 0 Å². The van der Waals surface area contributed by atoms with Gasteiger partial charge in [-0.3, -0.25) is 9.78 Å². The fraction of sp³-hybridized carbons (Fsp3) is 0.0667. The fourth-order valence-electron chi connectivity index (χ4n) is 1.55. The van der Waals surface area contributed by atoms with E-state index in [2.05, 4.69) is 4.98 Å². The maximum atomic E-state index is 11.8. The van der Waals surface area contributed by atoms with Crippen LogP contribution < -0.4 is 4.74 Å². The standard InChI is InChI=1S/C15H13NO3/c1-19-12-7-5-11(6-8-12)14(17)10-15(18)13-4-2-3-9-16-13/h2-10,17H,1H3/b14-10-. The van der Waals surface area contributed by atoms with Gasteiger partial charge in [0, 0.05) is 17.8 Å². The van der Waals surface area contributed by atoms with Crippen molar-refractivity contribution in [3.63, 3.8) is 0 Å². The van der Waals surface area contributed by atoms with Gasteiger partial charge in [0.25, 0.3) is 0 Å². The van der Waals surface area contributed by atoms with E-state index in [-0.39, 0.29) is 11.5 Å². The lowest BCUT2D eigenvalue weighted by Gasteiger charge is -2.02. The minimum atomic E-state index is -0.339. The number of benzene rings is 1. The number of nitrogens with zero attached hydrogens (tertiary/aromatic N) is 1. The molecule has 2 rings (SSSR count). The average molecular weight is 255 g/mol. The molecule has 4 nitrogen and oxygen atoms in total. The van der Waals surface area contributed by atoms with Gasteiger partial charge in [-0.25, -0.2) is 0 Å². The van der Waals surface area contributed by atoms with Crippen LogP contribution in [0.15, 0.2) is 54.7 Å². The molecule has 0 bridgehead atoms. The Balaban J connectivity index is 2.20. The number of carbonyl (C=O) groups is 1. The lowest BCUT2D eigenvalue weighted by Crippen LogP contribution is -1.99. The third kappa shape index (κ3) is 3.19. The van der Waals surface area contributed by atoms with E-state index in [1.54, 1.807) is 49.6 Å². The zero-order chi connectivity index (χ0) is 13.7. The zero-order valence-electron chi connectivity index (χ0n) is 10.4. The predicted octanol–water partition coefficient (Wildman–Crippen LogP) is 2.87. The van der Waals surface area contributed by atoms with Gasteiger partial charge in [-0.15, -0.1) is 0 Å². The first kappa shape index (κ1) is 12.8. The van der Waals surface area contributed by atoms with Crippen LogP contribution >= 0.6 is 0 Å². The van der Waals surface area contributed by atoms with Crippen LogP contribution in [0.1, 0.15) is 16.1 Å². The van der Waals surface area contributed by atoms with Gasteiger partial charge in [0.1, 0.15) is 17.2 Å². The highest BCUT2D eigenvalue weighted by molar-refractivity contribution is 6.06. The molecule has 0 aliphatic heterocycles. The van der Waals surface area contributed by atoms with Crippen LogP contribution in [0.3, 0.4) is 0 Å². The van der Waals surface area contributed by atoms with E-state index in [1.165, 1.54) is 6.20 Å². The van der Waals surface area contributed by atoms with Crippen molar-refractivity contribution in [1.29, 1.82) is 0 Å². The van der Waals surface area contributed by atoms with Gasteiger partial charge in [0.15, 0.2) is 0 Å². The Morgan fingerprint density at radius 2 is 1.95 bits per heavy atom. The number of pyridine rings is 1. The fourth-order valence-corrected chi connectivity index (χ4v) is 1.55. The molecule has 0 fully saturated rings. The van der Waals surface area contributed by atoms with Crippen molar-refractivity contribution in [2.45, 2.75) is 0 Å². The topological polar surface area (TPSA) is 59.4 Å². The first-order valence-electron chi connectivity index (χ1n) is 5.71. The summed E-state index contributed by atoms with van der Waals surface area (Å²) in [5, 5.41) is 9.89. The minimum absolute atomic E-state index is 0.0988. The number of aliphatic hydroxyl groups is 1. The first-order valence-corrected chi connectivity index (χ1v) is 5.71. The summed E-state index contributed by atoms with van der Waals surface area (Å²) in [6.07, 6.45) is 2.69. The Morgan fingerprint density at radius 3 is 2.53 bits per heavy atom. The number of allylic oxidation sites excluding steroid dienone is 1. The molecule has 0 amide bonds. The molecule has 0 radical (unpaired) electrons. The van der Waals surface area contributed by atoms with E-state index in [0.717, 1.165) is 6.08 Å². The molecule has 0 aliphatic rings. The van der Waals surface area contributed by atoms with Gasteiger partial charge in [-0.05, 0) is 36.4 Å². The Hall–Kier alpha value is -2.62. The molecule has 0 saturated carbocycles. The summed E-state index contributed by atoms with van der Waals surface area (Å²) in [4.78, 5) is 15.8. The van der Waals surface area contributed by atoms with E-state index in [4.69, 9.17) is 4.74 Å². The van der Waals surface area contributed by atoms with Crippen LogP contribution in [0, 0.1) is 0 Å². The van der Waals surface area contributed by atoms with Crippen molar-refractivity contribution in [3.8, 4) is 5.75 Å². The maximum Gasteiger partial charge on any atom is 0.207 e. The number of aliphatic hydroxyl groups excluding tert-OH is 1.